The van der Waals surface area contributed by atoms with Crippen molar-refractivity contribution in [3.8, 4) is 0 Å². The van der Waals surface area contributed by atoms with Gasteiger partial charge >= 0.3 is 0 Å². The molecule has 0 saturated carbocycles. The molecule has 5 nitrogen and oxygen atoms in total. The zero-order valence-corrected chi connectivity index (χ0v) is 14.3. The summed E-state index contributed by atoms with van der Waals surface area (Å²) in [5.41, 5.74) is 0.563. The van der Waals surface area contributed by atoms with Gasteiger partial charge in [0, 0.05) is 18.1 Å². The first-order valence-corrected chi connectivity index (χ1v) is 8.02. The van der Waals surface area contributed by atoms with Crippen molar-refractivity contribution in [1.29, 1.82) is 0 Å². The third kappa shape index (κ3) is 4.27. The summed E-state index contributed by atoms with van der Waals surface area (Å²) in [6, 6.07) is 10.9. The normalized spacial score (nSPS) is 10.3. The maximum atomic E-state index is 12.2. The van der Waals surface area contributed by atoms with E-state index in [9.17, 15) is 4.79 Å². The smallest absolute Gasteiger partial charge is 0.258 e. The summed E-state index contributed by atoms with van der Waals surface area (Å²) in [4.78, 5) is 14.2. The number of anilines is 2. The lowest BCUT2D eigenvalue weighted by atomic mass is 10.2. The van der Waals surface area contributed by atoms with Gasteiger partial charge in [0.25, 0.3) is 5.91 Å². The van der Waals surface area contributed by atoms with Crippen molar-refractivity contribution in [2.24, 2.45) is 0 Å². The van der Waals surface area contributed by atoms with Crippen molar-refractivity contribution in [3.05, 3.63) is 46.4 Å². The van der Waals surface area contributed by atoms with Gasteiger partial charge in [-0.25, -0.2) is 0 Å². The molecule has 0 fully saturated rings. The van der Waals surface area contributed by atoms with Gasteiger partial charge in [0.1, 0.15) is 0 Å². The minimum atomic E-state index is -0.214. The second kappa shape index (κ2) is 7.89. The molecule has 0 aliphatic rings. The van der Waals surface area contributed by atoms with Crippen LogP contribution in [0.25, 0.3) is 0 Å². The molecule has 0 saturated heterocycles. The van der Waals surface area contributed by atoms with E-state index < -0.39 is 0 Å². The number of unbranched alkanes of at least 4 members (excludes halogenated alkanes) is 1. The number of carbonyl (C=O) groups is 1. The molecule has 0 spiro atoms. The van der Waals surface area contributed by atoms with E-state index in [0.717, 1.165) is 29.7 Å². The fourth-order valence-corrected chi connectivity index (χ4v) is 2.40. The minimum Gasteiger partial charge on any atom is -0.358 e. The second-order valence-corrected chi connectivity index (χ2v) is 5.84. The molecule has 0 unspecified atom stereocenters. The number of nitrogens with one attached hydrogen (secondary N) is 1. The number of amides is 1. The van der Waals surface area contributed by atoms with Crippen LogP contribution in [0, 0.1) is 0 Å². The Bertz CT molecular complexity index is 630. The van der Waals surface area contributed by atoms with E-state index in [4.69, 9.17) is 0 Å². The molecule has 2 aromatic rings. The van der Waals surface area contributed by atoms with Gasteiger partial charge in [-0.15, -0.1) is 10.2 Å². The third-order valence-electron chi connectivity index (χ3n) is 3.25. The summed E-state index contributed by atoms with van der Waals surface area (Å²) in [5, 5.41) is 11.0. The van der Waals surface area contributed by atoms with Gasteiger partial charge < -0.3 is 10.2 Å². The summed E-state index contributed by atoms with van der Waals surface area (Å²) in [7, 11) is 1.99. The molecule has 1 N–H and O–H groups in total. The first-order valence-electron chi connectivity index (χ1n) is 7.22. The lowest BCUT2D eigenvalue weighted by Crippen LogP contribution is -2.20. The van der Waals surface area contributed by atoms with E-state index in [1.54, 1.807) is 12.1 Å². The average Bonchev–Trinajstić information content (AvgIpc) is 2.53. The fourth-order valence-electron chi connectivity index (χ4n) is 1.93. The van der Waals surface area contributed by atoms with Gasteiger partial charge in [-0.1, -0.05) is 25.5 Å². The molecule has 1 aromatic carbocycles. The van der Waals surface area contributed by atoms with E-state index in [1.165, 1.54) is 0 Å². The second-order valence-electron chi connectivity index (χ2n) is 4.99. The summed E-state index contributed by atoms with van der Waals surface area (Å²) in [6.07, 6.45) is 2.25. The molecule has 0 aliphatic heterocycles. The number of halogens is 1. The van der Waals surface area contributed by atoms with Gasteiger partial charge in [0.05, 0.1) is 5.56 Å². The Hall–Kier alpha value is -1.95. The number of rotatable bonds is 6. The third-order valence-corrected chi connectivity index (χ3v) is 3.94. The molecule has 0 atom stereocenters. The van der Waals surface area contributed by atoms with Crippen molar-refractivity contribution in [1.82, 2.24) is 10.2 Å². The number of hydrogen-bond acceptors (Lipinski definition) is 4. The molecular formula is C16H19BrN4O. The van der Waals surface area contributed by atoms with E-state index in [0.29, 0.717) is 11.4 Å². The highest BCUT2D eigenvalue weighted by Gasteiger charge is 2.11. The molecule has 6 heteroatoms. The highest BCUT2D eigenvalue weighted by molar-refractivity contribution is 9.10. The molecule has 0 radical (unpaired) electrons. The standard InChI is InChI=1S/C16H19BrN4O/c1-3-4-11-21(2)15-10-9-14(19-20-15)18-16(22)12-7-5-6-8-13(12)17/h5-10H,3-4,11H2,1-2H3,(H,18,19,22). The van der Waals surface area contributed by atoms with Gasteiger partial charge in [-0.05, 0) is 46.6 Å². The van der Waals surface area contributed by atoms with E-state index in [2.05, 4.69) is 43.3 Å². The van der Waals surface area contributed by atoms with Gasteiger partial charge in [-0.3, -0.25) is 4.79 Å². The van der Waals surface area contributed by atoms with Crippen LogP contribution >= 0.6 is 15.9 Å². The van der Waals surface area contributed by atoms with Crippen LogP contribution in [0.1, 0.15) is 30.1 Å². The Morgan fingerprint density at radius 2 is 2.00 bits per heavy atom. The molecule has 0 bridgehead atoms. The monoisotopic (exact) mass is 362 g/mol. The van der Waals surface area contributed by atoms with Crippen molar-refractivity contribution < 1.29 is 4.79 Å². The summed E-state index contributed by atoms with van der Waals surface area (Å²) in [5.74, 6) is 1.02. The van der Waals surface area contributed by atoms with Gasteiger partial charge in [0.15, 0.2) is 11.6 Å². The maximum Gasteiger partial charge on any atom is 0.258 e. The zero-order chi connectivity index (χ0) is 15.9. The quantitative estimate of drug-likeness (QED) is 0.850. The number of nitrogens with zero attached hydrogens (tertiary/aromatic N) is 3. The lowest BCUT2D eigenvalue weighted by Gasteiger charge is -2.17. The molecular weight excluding hydrogens is 344 g/mol. The zero-order valence-electron chi connectivity index (χ0n) is 12.7. The lowest BCUT2D eigenvalue weighted by molar-refractivity contribution is 0.102. The van der Waals surface area contributed by atoms with Crippen LogP contribution < -0.4 is 10.2 Å². The molecule has 22 heavy (non-hydrogen) atoms. The Morgan fingerprint density at radius 3 is 2.64 bits per heavy atom. The van der Waals surface area contributed by atoms with Crippen LogP contribution in [-0.4, -0.2) is 29.7 Å². The molecule has 2 rings (SSSR count). The van der Waals surface area contributed by atoms with Crippen molar-refractivity contribution in [3.63, 3.8) is 0 Å². The topological polar surface area (TPSA) is 58.1 Å². The average molecular weight is 363 g/mol. The number of hydrogen-bond donors (Lipinski definition) is 1. The van der Waals surface area contributed by atoms with Crippen LogP contribution in [0.15, 0.2) is 40.9 Å². The van der Waals surface area contributed by atoms with Crippen LogP contribution in [0.2, 0.25) is 0 Å². The Morgan fingerprint density at radius 1 is 1.23 bits per heavy atom. The Labute approximate surface area is 138 Å². The van der Waals surface area contributed by atoms with Crippen LogP contribution in [0.3, 0.4) is 0 Å². The fraction of sp³-hybridized carbons (Fsp3) is 0.312. The highest BCUT2D eigenvalue weighted by Crippen LogP contribution is 2.17. The first kappa shape index (κ1) is 16.4. The number of carbonyl (C=O) groups excluding carboxylic acids is 1. The predicted octanol–water partition coefficient (Wildman–Crippen LogP) is 3.73. The SMILES string of the molecule is CCCCN(C)c1ccc(NC(=O)c2ccccc2Br)nn1. The van der Waals surface area contributed by atoms with Crippen LogP contribution in [-0.2, 0) is 0 Å². The maximum absolute atomic E-state index is 12.2. The number of aromatic nitrogens is 2. The van der Waals surface area contributed by atoms with Crippen molar-refractivity contribution >= 4 is 33.5 Å². The largest absolute Gasteiger partial charge is 0.358 e. The summed E-state index contributed by atoms with van der Waals surface area (Å²) in [6.45, 7) is 3.09. The molecule has 1 aromatic heterocycles. The Kier molecular flexibility index (Phi) is 5.89. The Balaban J connectivity index is 2.02. The summed E-state index contributed by atoms with van der Waals surface area (Å²) < 4.78 is 0.747. The minimum absolute atomic E-state index is 0.214. The first-order chi connectivity index (χ1) is 10.6. The van der Waals surface area contributed by atoms with Gasteiger partial charge in [-0.2, -0.15) is 0 Å². The predicted molar refractivity (Wildman–Crippen MR) is 92.3 cm³/mol. The molecule has 116 valence electrons. The van der Waals surface area contributed by atoms with Gasteiger partial charge in [0.2, 0.25) is 0 Å². The summed E-state index contributed by atoms with van der Waals surface area (Å²) >= 11 is 3.36. The molecule has 1 amide bonds. The number of benzene rings is 1. The van der Waals surface area contributed by atoms with E-state index in [-0.39, 0.29) is 5.91 Å². The van der Waals surface area contributed by atoms with E-state index in [1.807, 2.05) is 31.3 Å². The van der Waals surface area contributed by atoms with Crippen LogP contribution in [0.4, 0.5) is 11.6 Å². The van der Waals surface area contributed by atoms with Crippen molar-refractivity contribution in [2.75, 3.05) is 23.8 Å². The highest BCUT2D eigenvalue weighted by atomic mass is 79.9. The van der Waals surface area contributed by atoms with E-state index >= 15 is 0 Å². The molecule has 1 heterocycles. The van der Waals surface area contributed by atoms with Crippen LogP contribution in [0.5, 0.6) is 0 Å². The molecule has 0 aliphatic carbocycles. The van der Waals surface area contributed by atoms with Crippen molar-refractivity contribution in [2.45, 2.75) is 19.8 Å².